The van der Waals surface area contributed by atoms with Crippen LogP contribution in [0.1, 0.15) is 19.8 Å². The number of nitrogens with zero attached hydrogens (tertiary/aromatic N) is 1. The molecule has 0 saturated carbocycles. The summed E-state index contributed by atoms with van der Waals surface area (Å²) in [6.07, 6.45) is 1.18. The Morgan fingerprint density at radius 3 is 2.93 bits per heavy atom. The molecule has 1 saturated heterocycles. The molecule has 2 heterocycles. The average Bonchev–Trinajstić information content (AvgIpc) is 2.15. The van der Waals surface area contributed by atoms with E-state index in [0.29, 0.717) is 12.8 Å². The van der Waals surface area contributed by atoms with Crippen LogP contribution in [0.4, 0.5) is 0 Å². The third kappa shape index (κ3) is 1.23. The van der Waals surface area contributed by atoms with Gasteiger partial charge in [0.05, 0.1) is 11.8 Å². The Balaban J connectivity index is 2.37. The van der Waals surface area contributed by atoms with Gasteiger partial charge < -0.3 is 5.11 Å². The molecule has 0 unspecified atom stereocenters. The van der Waals surface area contributed by atoms with Crippen LogP contribution in [0.25, 0.3) is 0 Å². The summed E-state index contributed by atoms with van der Waals surface area (Å²) in [6.45, 7) is 1.92. The number of carboxylic acid groups (broad SMARTS) is 1. The van der Waals surface area contributed by atoms with Gasteiger partial charge in [-0.05, 0) is 12.0 Å². The van der Waals surface area contributed by atoms with E-state index in [4.69, 9.17) is 5.11 Å². The summed E-state index contributed by atoms with van der Waals surface area (Å²) in [6, 6.07) is 0. The molecular weight excluding hydrogens is 202 g/mol. The van der Waals surface area contributed by atoms with E-state index in [1.165, 1.54) is 4.90 Å². The van der Waals surface area contributed by atoms with Gasteiger partial charge in [-0.3, -0.25) is 9.69 Å². The second-order valence-corrected chi connectivity index (χ2v) is 4.51. The van der Waals surface area contributed by atoms with E-state index >= 15 is 0 Å². The molecule has 14 heavy (non-hydrogen) atoms. The van der Waals surface area contributed by atoms with Crippen molar-refractivity contribution in [3.8, 4) is 0 Å². The number of hydrogen-bond acceptors (Lipinski definition) is 3. The minimum atomic E-state index is -0.972. The predicted octanol–water partition coefficient (Wildman–Crippen LogP) is 1.04. The Hall–Kier alpha value is -0.970. The number of hydrogen-bond donors (Lipinski definition) is 1. The Bertz CT molecular complexity index is 337. The van der Waals surface area contributed by atoms with E-state index in [9.17, 15) is 9.59 Å². The molecule has 5 heteroatoms. The summed E-state index contributed by atoms with van der Waals surface area (Å²) in [5, 5.41) is 9.09. The lowest BCUT2D eigenvalue weighted by molar-refractivity contribution is -0.146. The van der Waals surface area contributed by atoms with E-state index < -0.39 is 5.97 Å². The van der Waals surface area contributed by atoms with Crippen molar-refractivity contribution in [2.75, 3.05) is 5.75 Å². The summed E-state index contributed by atoms with van der Waals surface area (Å²) in [4.78, 5) is 23.7. The van der Waals surface area contributed by atoms with Crippen LogP contribution in [0.5, 0.6) is 0 Å². The maximum Gasteiger partial charge on any atom is 0.352 e. The molecule has 76 valence electrons. The third-order valence-electron chi connectivity index (χ3n) is 2.56. The fourth-order valence-corrected chi connectivity index (χ4v) is 3.12. The molecule has 2 aliphatic rings. The van der Waals surface area contributed by atoms with Crippen LogP contribution in [0.3, 0.4) is 0 Å². The minimum absolute atomic E-state index is 0.0643. The molecule has 0 aromatic carbocycles. The topological polar surface area (TPSA) is 57.6 Å². The van der Waals surface area contributed by atoms with Gasteiger partial charge in [-0.15, -0.1) is 11.8 Å². The van der Waals surface area contributed by atoms with Crippen molar-refractivity contribution < 1.29 is 14.7 Å². The molecule has 1 atom stereocenters. The van der Waals surface area contributed by atoms with Crippen molar-refractivity contribution in [3.63, 3.8) is 0 Å². The van der Waals surface area contributed by atoms with E-state index in [0.717, 1.165) is 11.3 Å². The van der Waals surface area contributed by atoms with E-state index in [1.807, 2.05) is 6.92 Å². The molecule has 0 spiro atoms. The lowest BCUT2D eigenvalue weighted by Crippen LogP contribution is -2.53. The second-order valence-electron chi connectivity index (χ2n) is 3.34. The Kier molecular flexibility index (Phi) is 2.26. The number of thioether (sulfide) groups is 1. The molecule has 1 N–H and O–H groups in total. The minimum Gasteiger partial charge on any atom is -0.477 e. The van der Waals surface area contributed by atoms with Crippen molar-refractivity contribution in [2.24, 2.45) is 0 Å². The van der Waals surface area contributed by atoms with E-state index in [1.54, 1.807) is 11.8 Å². The standard InChI is InChI=1S/C9H11NO3S/c1-2-5-4-14-7-3-6(11)10(7)8(5)9(12)13/h7H,2-4H2,1H3,(H,12,13)/t7-/m1/s1. The van der Waals surface area contributed by atoms with Crippen molar-refractivity contribution in [2.45, 2.75) is 25.1 Å². The number of rotatable bonds is 2. The third-order valence-corrected chi connectivity index (χ3v) is 3.84. The van der Waals surface area contributed by atoms with Crippen molar-refractivity contribution in [1.82, 2.24) is 4.90 Å². The lowest BCUT2D eigenvalue weighted by Gasteiger charge is -2.43. The van der Waals surface area contributed by atoms with Crippen LogP contribution in [0.15, 0.2) is 11.3 Å². The lowest BCUT2D eigenvalue weighted by atomic mass is 10.1. The normalized spacial score (nSPS) is 25.9. The molecule has 1 amide bonds. The van der Waals surface area contributed by atoms with Gasteiger partial charge in [-0.1, -0.05) is 6.92 Å². The number of fused-ring (bicyclic) bond motifs is 1. The maximum atomic E-state index is 11.3. The predicted molar refractivity (Wildman–Crippen MR) is 52.7 cm³/mol. The van der Waals surface area contributed by atoms with Gasteiger partial charge in [0.15, 0.2) is 0 Å². The van der Waals surface area contributed by atoms with Gasteiger partial charge in [0.1, 0.15) is 5.70 Å². The summed E-state index contributed by atoms with van der Waals surface area (Å²) < 4.78 is 0. The zero-order valence-electron chi connectivity index (χ0n) is 7.82. The monoisotopic (exact) mass is 213 g/mol. The highest BCUT2D eigenvalue weighted by atomic mass is 32.2. The van der Waals surface area contributed by atoms with Crippen molar-refractivity contribution in [1.29, 1.82) is 0 Å². The molecule has 1 fully saturated rings. The first kappa shape index (κ1) is 9.58. The summed E-state index contributed by atoms with van der Waals surface area (Å²) in [5.74, 6) is -0.294. The van der Waals surface area contributed by atoms with E-state index in [2.05, 4.69) is 0 Å². The Morgan fingerprint density at radius 2 is 2.43 bits per heavy atom. The van der Waals surface area contributed by atoms with Crippen molar-refractivity contribution in [3.05, 3.63) is 11.3 Å². The molecule has 4 nitrogen and oxygen atoms in total. The van der Waals surface area contributed by atoms with Gasteiger partial charge in [0.2, 0.25) is 5.91 Å². The highest BCUT2D eigenvalue weighted by Gasteiger charge is 2.44. The number of carboxylic acids is 1. The fraction of sp³-hybridized carbons (Fsp3) is 0.556. The number of carbonyl (C=O) groups is 2. The molecule has 0 aliphatic carbocycles. The first-order chi connectivity index (χ1) is 6.65. The molecule has 2 rings (SSSR count). The first-order valence-corrected chi connectivity index (χ1v) is 5.59. The van der Waals surface area contributed by atoms with E-state index in [-0.39, 0.29) is 17.0 Å². The summed E-state index contributed by atoms with van der Waals surface area (Å²) in [5.41, 5.74) is 1.10. The van der Waals surface area contributed by atoms with Gasteiger partial charge in [-0.25, -0.2) is 4.79 Å². The number of carbonyl (C=O) groups excluding carboxylic acids is 1. The number of amides is 1. The van der Waals surface area contributed by atoms with Gasteiger partial charge >= 0.3 is 5.97 Å². The number of aliphatic carboxylic acids is 1. The highest BCUT2D eigenvalue weighted by molar-refractivity contribution is 8.00. The van der Waals surface area contributed by atoms with Gasteiger partial charge in [-0.2, -0.15) is 0 Å². The van der Waals surface area contributed by atoms with Crippen LogP contribution in [-0.4, -0.2) is 33.0 Å². The fourth-order valence-electron chi connectivity index (χ4n) is 1.75. The maximum absolute atomic E-state index is 11.3. The summed E-state index contributed by atoms with van der Waals surface area (Å²) in [7, 11) is 0. The summed E-state index contributed by atoms with van der Waals surface area (Å²) >= 11 is 1.65. The van der Waals surface area contributed by atoms with Crippen LogP contribution >= 0.6 is 11.8 Å². The zero-order valence-corrected chi connectivity index (χ0v) is 8.63. The van der Waals surface area contributed by atoms with Crippen molar-refractivity contribution >= 4 is 23.6 Å². The largest absolute Gasteiger partial charge is 0.477 e. The molecular formula is C9H11NO3S. The molecule has 0 aromatic rings. The smallest absolute Gasteiger partial charge is 0.352 e. The Labute approximate surface area is 86.0 Å². The average molecular weight is 213 g/mol. The van der Waals surface area contributed by atoms with Gasteiger partial charge in [0, 0.05) is 5.75 Å². The second kappa shape index (κ2) is 3.31. The Morgan fingerprint density at radius 1 is 1.71 bits per heavy atom. The van der Waals surface area contributed by atoms with Crippen LogP contribution in [0, 0.1) is 0 Å². The van der Waals surface area contributed by atoms with Crippen LogP contribution < -0.4 is 0 Å². The highest BCUT2D eigenvalue weighted by Crippen LogP contribution is 2.40. The molecule has 0 aromatic heterocycles. The van der Waals surface area contributed by atoms with Crippen LogP contribution in [-0.2, 0) is 9.59 Å². The quantitative estimate of drug-likeness (QED) is 0.696. The SMILES string of the molecule is CCC1=C(C(=O)O)N2C(=O)C[C@H]2SC1. The molecule has 0 bridgehead atoms. The first-order valence-electron chi connectivity index (χ1n) is 4.54. The van der Waals surface area contributed by atoms with Crippen LogP contribution in [0.2, 0.25) is 0 Å². The van der Waals surface area contributed by atoms with Gasteiger partial charge in [0.25, 0.3) is 0 Å². The zero-order chi connectivity index (χ0) is 10.3. The molecule has 0 radical (unpaired) electrons. The number of β-lactam (4-membered cyclic amide) rings is 1. The molecule has 2 aliphatic heterocycles.